The van der Waals surface area contributed by atoms with E-state index in [1.807, 2.05) is 23.9 Å². The maximum absolute atomic E-state index is 8.75. The van der Waals surface area contributed by atoms with Gasteiger partial charge in [-0.3, -0.25) is 0 Å². The highest BCUT2D eigenvalue weighted by Crippen LogP contribution is 2.25. The average Bonchev–Trinajstić information content (AvgIpc) is 2.39. The summed E-state index contributed by atoms with van der Waals surface area (Å²) in [5, 5.41) is 12.4. The molecule has 1 aromatic carbocycles. The van der Waals surface area contributed by atoms with Crippen LogP contribution >= 0.6 is 11.8 Å². The number of rotatable bonds is 2. The second-order valence-corrected chi connectivity index (χ2v) is 5.17. The topological polar surface area (TPSA) is 35.8 Å². The van der Waals surface area contributed by atoms with Gasteiger partial charge >= 0.3 is 0 Å². The Balaban J connectivity index is 2.08. The standard InChI is InChI=1S/C13H16N2S/c1-2-12-8-16-9-13(15-12)11-5-3-10(7-14)4-6-11/h3-6,12-13,15H,2,8-9H2,1H3. The summed E-state index contributed by atoms with van der Waals surface area (Å²) in [6.45, 7) is 2.22. The molecule has 0 aromatic heterocycles. The SMILES string of the molecule is CCC1CSCC(c2ccc(C#N)cc2)N1. The minimum atomic E-state index is 0.441. The highest BCUT2D eigenvalue weighted by molar-refractivity contribution is 7.99. The molecule has 2 nitrogen and oxygen atoms in total. The molecule has 16 heavy (non-hydrogen) atoms. The van der Waals surface area contributed by atoms with Gasteiger partial charge in [0.1, 0.15) is 0 Å². The van der Waals surface area contributed by atoms with Crippen molar-refractivity contribution >= 4 is 11.8 Å². The Morgan fingerprint density at radius 2 is 2.12 bits per heavy atom. The summed E-state index contributed by atoms with van der Waals surface area (Å²) in [5.74, 6) is 2.34. The van der Waals surface area contributed by atoms with Crippen molar-refractivity contribution < 1.29 is 0 Å². The van der Waals surface area contributed by atoms with Crippen LogP contribution in [-0.4, -0.2) is 17.5 Å². The minimum Gasteiger partial charge on any atom is -0.306 e. The number of benzene rings is 1. The summed E-state index contributed by atoms with van der Waals surface area (Å²) in [6, 6.07) is 11.1. The Bertz CT molecular complexity index is 380. The van der Waals surface area contributed by atoms with Gasteiger partial charge in [-0.15, -0.1) is 0 Å². The lowest BCUT2D eigenvalue weighted by Gasteiger charge is -2.30. The van der Waals surface area contributed by atoms with Gasteiger partial charge in [0.25, 0.3) is 0 Å². The average molecular weight is 232 g/mol. The number of nitriles is 1. The molecule has 3 heteroatoms. The van der Waals surface area contributed by atoms with Gasteiger partial charge in [-0.05, 0) is 24.1 Å². The smallest absolute Gasteiger partial charge is 0.0991 e. The zero-order chi connectivity index (χ0) is 11.4. The van der Waals surface area contributed by atoms with Crippen LogP contribution in [0, 0.1) is 11.3 Å². The fraction of sp³-hybridized carbons (Fsp3) is 0.462. The zero-order valence-corrected chi connectivity index (χ0v) is 10.3. The molecule has 0 amide bonds. The Morgan fingerprint density at radius 3 is 2.75 bits per heavy atom. The van der Waals surface area contributed by atoms with Crippen molar-refractivity contribution in [1.29, 1.82) is 5.26 Å². The van der Waals surface area contributed by atoms with E-state index in [1.54, 1.807) is 0 Å². The molecule has 1 fully saturated rings. The van der Waals surface area contributed by atoms with Crippen molar-refractivity contribution in [3.63, 3.8) is 0 Å². The van der Waals surface area contributed by atoms with Crippen LogP contribution in [0.3, 0.4) is 0 Å². The van der Waals surface area contributed by atoms with Gasteiger partial charge in [0.15, 0.2) is 0 Å². The summed E-state index contributed by atoms with van der Waals surface area (Å²) < 4.78 is 0. The normalized spacial score (nSPS) is 25.0. The minimum absolute atomic E-state index is 0.441. The van der Waals surface area contributed by atoms with Crippen molar-refractivity contribution in [3.05, 3.63) is 35.4 Å². The van der Waals surface area contributed by atoms with E-state index in [0.29, 0.717) is 12.1 Å². The maximum atomic E-state index is 8.75. The molecule has 1 aliphatic heterocycles. The van der Waals surface area contributed by atoms with Crippen LogP contribution in [0.2, 0.25) is 0 Å². The second-order valence-electron chi connectivity index (χ2n) is 4.10. The van der Waals surface area contributed by atoms with Gasteiger partial charge in [0.05, 0.1) is 11.6 Å². The fourth-order valence-corrected chi connectivity index (χ4v) is 3.20. The van der Waals surface area contributed by atoms with E-state index >= 15 is 0 Å². The van der Waals surface area contributed by atoms with Gasteiger partial charge in [0, 0.05) is 23.6 Å². The molecule has 1 saturated heterocycles. The number of thioether (sulfide) groups is 1. The van der Waals surface area contributed by atoms with E-state index < -0.39 is 0 Å². The van der Waals surface area contributed by atoms with Crippen molar-refractivity contribution in [2.24, 2.45) is 0 Å². The summed E-state index contributed by atoms with van der Waals surface area (Å²) in [5.41, 5.74) is 2.03. The number of nitrogens with one attached hydrogen (secondary N) is 1. The summed E-state index contributed by atoms with van der Waals surface area (Å²) in [4.78, 5) is 0. The third-order valence-electron chi connectivity index (χ3n) is 2.98. The molecule has 2 atom stereocenters. The van der Waals surface area contributed by atoms with Crippen LogP contribution in [0.15, 0.2) is 24.3 Å². The van der Waals surface area contributed by atoms with Crippen LogP contribution in [-0.2, 0) is 0 Å². The number of nitrogens with zero attached hydrogens (tertiary/aromatic N) is 1. The second kappa shape index (κ2) is 5.38. The maximum Gasteiger partial charge on any atom is 0.0991 e. The lowest BCUT2D eigenvalue weighted by molar-refractivity contribution is 0.466. The zero-order valence-electron chi connectivity index (χ0n) is 9.44. The van der Waals surface area contributed by atoms with Crippen LogP contribution in [0.1, 0.15) is 30.5 Å². The first-order valence-corrected chi connectivity index (χ1v) is 6.82. The van der Waals surface area contributed by atoms with E-state index in [0.717, 1.165) is 11.3 Å². The molecule has 1 aliphatic rings. The van der Waals surface area contributed by atoms with Gasteiger partial charge in [-0.25, -0.2) is 0 Å². The van der Waals surface area contributed by atoms with Crippen molar-refractivity contribution in [2.75, 3.05) is 11.5 Å². The van der Waals surface area contributed by atoms with Crippen molar-refractivity contribution in [2.45, 2.75) is 25.4 Å². The van der Waals surface area contributed by atoms with E-state index in [1.165, 1.54) is 17.7 Å². The molecule has 0 spiro atoms. The third kappa shape index (κ3) is 2.58. The molecular weight excluding hydrogens is 216 g/mol. The van der Waals surface area contributed by atoms with Gasteiger partial charge < -0.3 is 5.32 Å². The summed E-state index contributed by atoms with van der Waals surface area (Å²) in [6.07, 6.45) is 1.18. The lowest BCUT2D eigenvalue weighted by Crippen LogP contribution is -2.39. The summed E-state index contributed by atoms with van der Waals surface area (Å²) in [7, 11) is 0. The Labute approximate surface area is 101 Å². The molecule has 0 bridgehead atoms. The molecule has 1 aromatic rings. The monoisotopic (exact) mass is 232 g/mol. The molecule has 1 N–H and O–H groups in total. The Hall–Kier alpha value is -0.980. The molecule has 84 valence electrons. The third-order valence-corrected chi connectivity index (χ3v) is 4.18. The highest BCUT2D eigenvalue weighted by atomic mass is 32.2. The van der Waals surface area contributed by atoms with Crippen LogP contribution in [0.4, 0.5) is 0 Å². The van der Waals surface area contributed by atoms with Crippen molar-refractivity contribution in [3.8, 4) is 6.07 Å². The van der Waals surface area contributed by atoms with Crippen molar-refractivity contribution in [1.82, 2.24) is 5.32 Å². The van der Waals surface area contributed by atoms with E-state index in [4.69, 9.17) is 5.26 Å². The molecule has 2 rings (SSSR count). The Morgan fingerprint density at radius 1 is 1.38 bits per heavy atom. The highest BCUT2D eigenvalue weighted by Gasteiger charge is 2.21. The number of hydrogen-bond acceptors (Lipinski definition) is 3. The lowest BCUT2D eigenvalue weighted by atomic mass is 10.0. The first kappa shape index (κ1) is 11.5. The first-order chi connectivity index (χ1) is 7.83. The summed E-state index contributed by atoms with van der Waals surface area (Å²) >= 11 is 2.01. The molecular formula is C13H16N2S. The molecule has 1 heterocycles. The fourth-order valence-electron chi connectivity index (χ4n) is 1.93. The Kier molecular flexibility index (Phi) is 3.87. The van der Waals surface area contributed by atoms with Gasteiger partial charge in [0.2, 0.25) is 0 Å². The molecule has 2 unspecified atom stereocenters. The van der Waals surface area contributed by atoms with E-state index in [2.05, 4.69) is 30.4 Å². The van der Waals surface area contributed by atoms with E-state index in [-0.39, 0.29) is 0 Å². The van der Waals surface area contributed by atoms with Crippen LogP contribution in [0.5, 0.6) is 0 Å². The first-order valence-electron chi connectivity index (χ1n) is 5.67. The van der Waals surface area contributed by atoms with Crippen LogP contribution in [0.25, 0.3) is 0 Å². The predicted molar refractivity (Wildman–Crippen MR) is 68.4 cm³/mol. The quantitative estimate of drug-likeness (QED) is 0.851. The largest absolute Gasteiger partial charge is 0.306 e. The molecule has 0 radical (unpaired) electrons. The molecule has 0 aliphatic carbocycles. The van der Waals surface area contributed by atoms with Gasteiger partial charge in [-0.1, -0.05) is 19.1 Å². The van der Waals surface area contributed by atoms with Gasteiger partial charge in [-0.2, -0.15) is 17.0 Å². The molecule has 0 saturated carbocycles. The van der Waals surface area contributed by atoms with E-state index in [9.17, 15) is 0 Å². The van der Waals surface area contributed by atoms with Crippen LogP contribution < -0.4 is 5.32 Å². The predicted octanol–water partition coefficient (Wildman–Crippen LogP) is 2.71. The number of hydrogen-bond donors (Lipinski definition) is 1.